The van der Waals surface area contributed by atoms with Gasteiger partial charge in [-0.1, -0.05) is 19.1 Å². The molecule has 0 aliphatic rings. The van der Waals surface area contributed by atoms with Gasteiger partial charge in [-0.3, -0.25) is 4.79 Å². The molecule has 1 amide bonds. The van der Waals surface area contributed by atoms with Crippen molar-refractivity contribution in [3.8, 4) is 16.3 Å². The Morgan fingerprint density at radius 1 is 1.10 bits per heavy atom. The zero-order valence-corrected chi connectivity index (χ0v) is 17.3. The molecule has 1 heterocycles. The smallest absolute Gasteiger partial charge is 0.358 e. The maximum atomic E-state index is 12.4. The number of anilines is 1. The van der Waals surface area contributed by atoms with E-state index in [0.29, 0.717) is 10.7 Å². The average molecular weight is 410 g/mol. The number of rotatable bonds is 7. The van der Waals surface area contributed by atoms with Gasteiger partial charge in [0.05, 0.1) is 7.11 Å². The van der Waals surface area contributed by atoms with Crippen LogP contribution in [0.1, 0.15) is 29.9 Å². The van der Waals surface area contributed by atoms with Gasteiger partial charge in [-0.05, 0) is 55.3 Å². The van der Waals surface area contributed by atoms with Crippen molar-refractivity contribution in [2.45, 2.75) is 26.4 Å². The minimum absolute atomic E-state index is 0.174. The number of carbonyl (C=O) groups excluding carboxylic acids is 2. The number of esters is 1. The fourth-order valence-electron chi connectivity index (χ4n) is 2.58. The molecule has 1 aromatic heterocycles. The van der Waals surface area contributed by atoms with Crippen molar-refractivity contribution in [2.24, 2.45) is 0 Å². The zero-order valence-electron chi connectivity index (χ0n) is 16.5. The van der Waals surface area contributed by atoms with Gasteiger partial charge in [-0.25, -0.2) is 9.78 Å². The maximum Gasteiger partial charge on any atom is 0.358 e. The SMILES string of the molecule is CCc1ccc(NC(=O)[C@@H](C)OC(=O)c2csc(-c3ccc(OC)cc3)n2)cc1. The number of thiazole rings is 1. The van der Waals surface area contributed by atoms with Gasteiger partial charge in [0.1, 0.15) is 10.8 Å². The summed E-state index contributed by atoms with van der Waals surface area (Å²) in [6.45, 7) is 3.60. The molecule has 0 bridgehead atoms. The summed E-state index contributed by atoms with van der Waals surface area (Å²) in [5.41, 5.74) is 2.88. The number of nitrogens with one attached hydrogen (secondary N) is 1. The Bertz CT molecular complexity index is 981. The molecule has 0 radical (unpaired) electrons. The van der Waals surface area contributed by atoms with Crippen molar-refractivity contribution in [1.29, 1.82) is 0 Å². The number of hydrogen-bond acceptors (Lipinski definition) is 6. The Hall–Kier alpha value is -3.19. The Kier molecular flexibility index (Phi) is 6.61. The van der Waals surface area contributed by atoms with Crippen LogP contribution < -0.4 is 10.1 Å². The first-order valence-corrected chi connectivity index (χ1v) is 10.1. The van der Waals surface area contributed by atoms with E-state index in [9.17, 15) is 9.59 Å². The lowest BCUT2D eigenvalue weighted by atomic mass is 10.1. The summed E-state index contributed by atoms with van der Waals surface area (Å²) >= 11 is 1.33. The van der Waals surface area contributed by atoms with Crippen molar-refractivity contribution in [3.63, 3.8) is 0 Å². The van der Waals surface area contributed by atoms with E-state index in [1.807, 2.05) is 48.5 Å². The standard InChI is InChI=1S/C22H22N2O4S/c1-4-15-5-9-17(10-6-15)23-20(25)14(2)28-22(26)19-13-29-21(24-19)16-7-11-18(27-3)12-8-16/h5-14H,4H2,1-3H3,(H,23,25)/t14-/m1/s1. The van der Waals surface area contributed by atoms with E-state index in [4.69, 9.17) is 9.47 Å². The van der Waals surface area contributed by atoms with Crippen LogP contribution in [0.25, 0.3) is 10.6 Å². The Balaban J connectivity index is 1.60. The topological polar surface area (TPSA) is 77.5 Å². The second kappa shape index (κ2) is 9.34. The number of amides is 1. The molecule has 1 atom stereocenters. The number of benzene rings is 2. The van der Waals surface area contributed by atoms with Crippen LogP contribution in [-0.2, 0) is 16.0 Å². The highest BCUT2D eigenvalue weighted by Gasteiger charge is 2.21. The zero-order chi connectivity index (χ0) is 20.8. The van der Waals surface area contributed by atoms with Crippen LogP contribution in [0.15, 0.2) is 53.9 Å². The van der Waals surface area contributed by atoms with E-state index >= 15 is 0 Å². The van der Waals surface area contributed by atoms with Crippen molar-refractivity contribution >= 4 is 28.9 Å². The summed E-state index contributed by atoms with van der Waals surface area (Å²) in [6.07, 6.45) is -0.0199. The van der Waals surface area contributed by atoms with Crippen molar-refractivity contribution in [3.05, 3.63) is 65.2 Å². The van der Waals surface area contributed by atoms with Crippen LogP contribution in [0.3, 0.4) is 0 Å². The molecule has 0 saturated heterocycles. The van der Waals surface area contributed by atoms with Gasteiger partial charge in [0.15, 0.2) is 11.8 Å². The monoisotopic (exact) mass is 410 g/mol. The first kappa shape index (κ1) is 20.5. The van der Waals surface area contributed by atoms with E-state index in [-0.39, 0.29) is 5.69 Å². The molecule has 0 aliphatic carbocycles. The first-order chi connectivity index (χ1) is 14.0. The van der Waals surface area contributed by atoms with Gasteiger partial charge in [-0.15, -0.1) is 11.3 Å². The minimum atomic E-state index is -0.945. The Labute approximate surface area is 173 Å². The molecule has 0 spiro atoms. The predicted molar refractivity (Wildman–Crippen MR) is 113 cm³/mol. The van der Waals surface area contributed by atoms with Gasteiger partial charge in [0.2, 0.25) is 0 Å². The summed E-state index contributed by atoms with van der Waals surface area (Å²) in [4.78, 5) is 29.0. The number of nitrogens with zero attached hydrogens (tertiary/aromatic N) is 1. The fraction of sp³-hybridized carbons (Fsp3) is 0.227. The van der Waals surface area contributed by atoms with Gasteiger partial charge in [-0.2, -0.15) is 0 Å². The van der Waals surface area contributed by atoms with Gasteiger partial charge >= 0.3 is 5.97 Å². The molecule has 3 aromatic rings. The quantitative estimate of drug-likeness (QED) is 0.578. The Morgan fingerprint density at radius 3 is 2.41 bits per heavy atom. The number of hydrogen-bond donors (Lipinski definition) is 1. The molecule has 29 heavy (non-hydrogen) atoms. The normalized spacial score (nSPS) is 11.6. The van der Waals surface area contributed by atoms with Crippen molar-refractivity contribution in [1.82, 2.24) is 4.98 Å². The third-order valence-electron chi connectivity index (χ3n) is 4.33. The molecule has 150 valence electrons. The highest BCUT2D eigenvalue weighted by Crippen LogP contribution is 2.26. The number of aromatic nitrogens is 1. The molecule has 0 fully saturated rings. The largest absolute Gasteiger partial charge is 0.497 e. The minimum Gasteiger partial charge on any atom is -0.497 e. The van der Waals surface area contributed by atoms with E-state index in [2.05, 4.69) is 17.2 Å². The first-order valence-electron chi connectivity index (χ1n) is 9.21. The van der Waals surface area contributed by atoms with Gasteiger partial charge in [0, 0.05) is 16.6 Å². The van der Waals surface area contributed by atoms with Crippen LogP contribution in [-0.4, -0.2) is 30.1 Å². The molecule has 0 unspecified atom stereocenters. The lowest BCUT2D eigenvalue weighted by Crippen LogP contribution is -2.30. The average Bonchev–Trinajstić information content (AvgIpc) is 3.24. The molecular formula is C22H22N2O4S. The van der Waals surface area contributed by atoms with Gasteiger partial charge < -0.3 is 14.8 Å². The summed E-state index contributed by atoms with van der Waals surface area (Å²) in [6, 6.07) is 14.9. The lowest BCUT2D eigenvalue weighted by Gasteiger charge is -2.13. The number of aryl methyl sites for hydroxylation is 1. The third-order valence-corrected chi connectivity index (χ3v) is 5.22. The van der Waals surface area contributed by atoms with E-state index in [0.717, 1.165) is 17.7 Å². The molecule has 1 N–H and O–H groups in total. The molecule has 0 aliphatic heterocycles. The second-order valence-corrected chi connectivity index (χ2v) is 7.21. The van der Waals surface area contributed by atoms with Crippen LogP contribution in [0.4, 0.5) is 5.69 Å². The fourth-order valence-corrected chi connectivity index (χ4v) is 3.37. The number of carbonyl (C=O) groups is 2. The van der Waals surface area contributed by atoms with Gasteiger partial charge in [0.25, 0.3) is 5.91 Å². The lowest BCUT2D eigenvalue weighted by molar-refractivity contribution is -0.123. The Morgan fingerprint density at radius 2 is 1.79 bits per heavy atom. The van der Waals surface area contributed by atoms with E-state index in [1.165, 1.54) is 23.8 Å². The maximum absolute atomic E-state index is 12.4. The van der Waals surface area contributed by atoms with E-state index in [1.54, 1.807) is 12.5 Å². The summed E-state index contributed by atoms with van der Waals surface area (Å²) in [7, 11) is 1.60. The highest BCUT2D eigenvalue weighted by atomic mass is 32.1. The second-order valence-electron chi connectivity index (χ2n) is 6.35. The van der Waals surface area contributed by atoms with E-state index < -0.39 is 18.0 Å². The molecule has 6 nitrogen and oxygen atoms in total. The van der Waals surface area contributed by atoms with Crippen LogP contribution in [0, 0.1) is 0 Å². The van der Waals surface area contributed by atoms with Crippen LogP contribution in [0.5, 0.6) is 5.75 Å². The summed E-state index contributed by atoms with van der Waals surface area (Å²) in [5.74, 6) is -0.285. The molecule has 7 heteroatoms. The molecule has 3 rings (SSSR count). The molecule has 2 aromatic carbocycles. The number of ether oxygens (including phenoxy) is 2. The van der Waals surface area contributed by atoms with Crippen LogP contribution >= 0.6 is 11.3 Å². The van der Waals surface area contributed by atoms with Crippen LogP contribution in [0.2, 0.25) is 0 Å². The summed E-state index contributed by atoms with van der Waals surface area (Å²) < 4.78 is 10.4. The third kappa shape index (κ3) is 5.20. The molecular weight excluding hydrogens is 388 g/mol. The summed E-state index contributed by atoms with van der Waals surface area (Å²) in [5, 5.41) is 5.05. The van der Waals surface area contributed by atoms with Crippen molar-refractivity contribution in [2.75, 3.05) is 12.4 Å². The number of methoxy groups -OCH3 is 1. The molecule has 0 saturated carbocycles. The predicted octanol–water partition coefficient (Wildman–Crippen LogP) is 4.57. The highest BCUT2D eigenvalue weighted by molar-refractivity contribution is 7.13. The van der Waals surface area contributed by atoms with Crippen molar-refractivity contribution < 1.29 is 19.1 Å².